The summed E-state index contributed by atoms with van der Waals surface area (Å²) in [5, 5.41) is 3.38. The van der Waals surface area contributed by atoms with Crippen LogP contribution < -0.4 is 10.9 Å². The lowest BCUT2D eigenvalue weighted by molar-refractivity contribution is 0.583. The third-order valence-electron chi connectivity index (χ3n) is 2.63. The van der Waals surface area contributed by atoms with Gasteiger partial charge in [-0.2, -0.15) is 0 Å². The van der Waals surface area contributed by atoms with Crippen molar-refractivity contribution in [3.63, 3.8) is 0 Å². The molecule has 0 amide bonds. The van der Waals surface area contributed by atoms with Crippen molar-refractivity contribution in [3.8, 4) is 0 Å². The monoisotopic (exact) mass is 193 g/mol. The fraction of sp³-hybridized carbons (Fsp3) is 0.600. The number of aryl methyl sites for hydroxylation is 1. The van der Waals surface area contributed by atoms with Gasteiger partial charge in [-0.3, -0.25) is 4.79 Å². The van der Waals surface area contributed by atoms with Gasteiger partial charge >= 0.3 is 0 Å². The van der Waals surface area contributed by atoms with Crippen molar-refractivity contribution in [1.82, 2.24) is 15.3 Å². The van der Waals surface area contributed by atoms with Gasteiger partial charge in [-0.15, -0.1) is 0 Å². The van der Waals surface area contributed by atoms with E-state index in [4.69, 9.17) is 0 Å². The normalized spacial score (nSPS) is 21.4. The molecule has 0 radical (unpaired) electrons. The first-order chi connectivity index (χ1) is 6.75. The number of rotatable bonds is 2. The van der Waals surface area contributed by atoms with Crippen LogP contribution in [0.4, 0.5) is 0 Å². The van der Waals surface area contributed by atoms with Crippen LogP contribution in [-0.4, -0.2) is 22.6 Å². The quantitative estimate of drug-likeness (QED) is 0.713. The molecule has 2 N–H and O–H groups in total. The van der Waals surface area contributed by atoms with Gasteiger partial charge in [0.2, 0.25) is 0 Å². The molecule has 1 aromatic rings. The van der Waals surface area contributed by atoms with Gasteiger partial charge in [-0.25, -0.2) is 4.98 Å². The number of nitrogens with zero attached hydrogens (tertiary/aromatic N) is 1. The first-order valence-corrected chi connectivity index (χ1v) is 5.04. The standard InChI is InChI=1S/C10H15N3O/c1-7-6-12-9(13-10(7)14)5-8-3-2-4-11-8/h6,8,11H,2-5H2,1H3,(H,12,13,14). The summed E-state index contributed by atoms with van der Waals surface area (Å²) in [6.07, 6.45) is 4.87. The summed E-state index contributed by atoms with van der Waals surface area (Å²) in [4.78, 5) is 18.3. The molecule has 0 aromatic carbocycles. The molecule has 2 heterocycles. The van der Waals surface area contributed by atoms with Crippen molar-refractivity contribution in [1.29, 1.82) is 0 Å². The Hall–Kier alpha value is -1.16. The third-order valence-corrected chi connectivity index (χ3v) is 2.63. The molecule has 1 aromatic heterocycles. The fourth-order valence-electron chi connectivity index (χ4n) is 1.76. The number of aromatic nitrogens is 2. The third kappa shape index (κ3) is 2.01. The molecule has 1 fully saturated rings. The van der Waals surface area contributed by atoms with E-state index in [2.05, 4.69) is 15.3 Å². The van der Waals surface area contributed by atoms with Gasteiger partial charge in [0.25, 0.3) is 5.56 Å². The highest BCUT2D eigenvalue weighted by molar-refractivity contribution is 5.03. The highest BCUT2D eigenvalue weighted by Crippen LogP contribution is 2.08. The molecule has 1 saturated heterocycles. The Kier molecular flexibility index (Phi) is 2.63. The van der Waals surface area contributed by atoms with Gasteiger partial charge in [0, 0.05) is 24.2 Å². The second kappa shape index (κ2) is 3.92. The Morgan fingerprint density at radius 3 is 3.14 bits per heavy atom. The lowest BCUT2D eigenvalue weighted by Gasteiger charge is -2.08. The lowest BCUT2D eigenvalue weighted by Crippen LogP contribution is -2.26. The summed E-state index contributed by atoms with van der Waals surface area (Å²) in [5.41, 5.74) is 0.654. The Labute approximate surface area is 82.8 Å². The van der Waals surface area contributed by atoms with Crippen molar-refractivity contribution in [2.75, 3.05) is 6.54 Å². The van der Waals surface area contributed by atoms with Gasteiger partial charge in [-0.05, 0) is 26.3 Å². The predicted molar refractivity (Wildman–Crippen MR) is 54.3 cm³/mol. The van der Waals surface area contributed by atoms with E-state index in [0.717, 1.165) is 18.8 Å². The van der Waals surface area contributed by atoms with E-state index in [1.165, 1.54) is 12.8 Å². The highest BCUT2D eigenvalue weighted by Gasteiger charge is 2.15. The summed E-state index contributed by atoms with van der Waals surface area (Å²) in [7, 11) is 0. The van der Waals surface area contributed by atoms with Gasteiger partial charge < -0.3 is 10.3 Å². The molecule has 0 spiro atoms. The maximum atomic E-state index is 11.3. The first-order valence-electron chi connectivity index (χ1n) is 5.04. The maximum absolute atomic E-state index is 11.3. The minimum absolute atomic E-state index is 0.0204. The summed E-state index contributed by atoms with van der Waals surface area (Å²) in [5.74, 6) is 0.792. The highest BCUT2D eigenvalue weighted by atomic mass is 16.1. The molecule has 76 valence electrons. The minimum atomic E-state index is -0.0204. The van der Waals surface area contributed by atoms with Crippen molar-refractivity contribution in [2.45, 2.75) is 32.2 Å². The van der Waals surface area contributed by atoms with E-state index >= 15 is 0 Å². The summed E-state index contributed by atoms with van der Waals surface area (Å²) in [6.45, 7) is 2.85. The zero-order chi connectivity index (χ0) is 9.97. The molecule has 0 bridgehead atoms. The molecule has 4 heteroatoms. The molecule has 2 rings (SSSR count). The van der Waals surface area contributed by atoms with Crippen LogP contribution in [0, 0.1) is 6.92 Å². The fourth-order valence-corrected chi connectivity index (χ4v) is 1.76. The summed E-state index contributed by atoms with van der Waals surface area (Å²) < 4.78 is 0. The van der Waals surface area contributed by atoms with Gasteiger partial charge in [-0.1, -0.05) is 0 Å². The summed E-state index contributed by atoms with van der Waals surface area (Å²) >= 11 is 0. The van der Waals surface area contributed by atoms with Crippen molar-refractivity contribution < 1.29 is 0 Å². The second-order valence-electron chi connectivity index (χ2n) is 3.84. The Bertz CT molecular complexity index is 366. The Balaban J connectivity index is 2.09. The van der Waals surface area contributed by atoms with E-state index in [1.54, 1.807) is 13.1 Å². The number of H-pyrrole nitrogens is 1. The number of hydrogen-bond donors (Lipinski definition) is 2. The summed E-state index contributed by atoms with van der Waals surface area (Å²) in [6, 6.07) is 0.487. The SMILES string of the molecule is Cc1cnc(CC2CCCN2)[nH]c1=O. The largest absolute Gasteiger partial charge is 0.314 e. The zero-order valence-corrected chi connectivity index (χ0v) is 8.34. The molecular weight excluding hydrogens is 178 g/mol. The predicted octanol–water partition coefficient (Wildman–Crippen LogP) is 0.373. The van der Waals surface area contributed by atoms with Gasteiger partial charge in [0.1, 0.15) is 5.82 Å². The molecule has 14 heavy (non-hydrogen) atoms. The molecular formula is C10H15N3O. The van der Waals surface area contributed by atoms with Crippen LogP contribution in [0.1, 0.15) is 24.2 Å². The van der Waals surface area contributed by atoms with Gasteiger partial charge in [0.05, 0.1) is 0 Å². The van der Waals surface area contributed by atoms with Crippen LogP contribution in [0.2, 0.25) is 0 Å². The van der Waals surface area contributed by atoms with Crippen LogP contribution in [0.5, 0.6) is 0 Å². The van der Waals surface area contributed by atoms with Crippen LogP contribution in [-0.2, 0) is 6.42 Å². The minimum Gasteiger partial charge on any atom is -0.314 e. The number of nitrogens with one attached hydrogen (secondary N) is 2. The van der Waals surface area contributed by atoms with Crippen LogP contribution in [0.15, 0.2) is 11.0 Å². The van der Waals surface area contributed by atoms with E-state index in [-0.39, 0.29) is 5.56 Å². The Morgan fingerprint density at radius 1 is 1.64 bits per heavy atom. The Morgan fingerprint density at radius 2 is 2.50 bits per heavy atom. The van der Waals surface area contributed by atoms with Crippen LogP contribution >= 0.6 is 0 Å². The number of aromatic amines is 1. The number of hydrogen-bond acceptors (Lipinski definition) is 3. The lowest BCUT2D eigenvalue weighted by atomic mass is 10.1. The molecule has 0 saturated carbocycles. The van der Waals surface area contributed by atoms with E-state index in [1.807, 2.05) is 0 Å². The first kappa shape index (κ1) is 9.40. The molecule has 1 aliphatic rings. The van der Waals surface area contributed by atoms with E-state index in [9.17, 15) is 4.79 Å². The topological polar surface area (TPSA) is 57.8 Å². The maximum Gasteiger partial charge on any atom is 0.253 e. The second-order valence-corrected chi connectivity index (χ2v) is 3.84. The van der Waals surface area contributed by atoms with Crippen LogP contribution in [0.25, 0.3) is 0 Å². The van der Waals surface area contributed by atoms with Crippen LogP contribution in [0.3, 0.4) is 0 Å². The van der Waals surface area contributed by atoms with E-state index < -0.39 is 0 Å². The molecule has 0 aliphatic carbocycles. The molecule has 1 atom stereocenters. The van der Waals surface area contributed by atoms with Crippen molar-refractivity contribution in [3.05, 3.63) is 27.9 Å². The van der Waals surface area contributed by atoms with Gasteiger partial charge in [0.15, 0.2) is 0 Å². The molecule has 1 unspecified atom stereocenters. The molecule has 1 aliphatic heterocycles. The molecule has 4 nitrogen and oxygen atoms in total. The average Bonchev–Trinajstić information content (AvgIpc) is 2.64. The van der Waals surface area contributed by atoms with Crippen molar-refractivity contribution >= 4 is 0 Å². The smallest absolute Gasteiger partial charge is 0.253 e. The average molecular weight is 193 g/mol. The zero-order valence-electron chi connectivity index (χ0n) is 8.34. The van der Waals surface area contributed by atoms with Crippen molar-refractivity contribution in [2.24, 2.45) is 0 Å². The van der Waals surface area contributed by atoms with E-state index in [0.29, 0.717) is 11.6 Å².